The molecule has 0 aliphatic rings. The largest absolute Gasteiger partial charge is 0.491 e. The smallest absolute Gasteiger partial charge is 0.339 e. The summed E-state index contributed by atoms with van der Waals surface area (Å²) in [6, 6.07) is 6.51. The fourth-order valence-electron chi connectivity index (χ4n) is 1.48. The van der Waals surface area contributed by atoms with E-state index >= 15 is 0 Å². The van der Waals surface area contributed by atoms with Crippen LogP contribution in [0.3, 0.4) is 0 Å². The van der Waals surface area contributed by atoms with E-state index in [1.54, 1.807) is 29.1 Å². The Balaban J connectivity index is 1.96. The molecule has 0 fully saturated rings. The first-order chi connectivity index (χ1) is 8.66. The minimum atomic E-state index is -1.01. The molecule has 2 rings (SSSR count). The highest BCUT2D eigenvalue weighted by atomic mass is 35.5. The Labute approximate surface area is 109 Å². The highest BCUT2D eigenvalue weighted by Crippen LogP contribution is 2.17. The summed E-state index contributed by atoms with van der Waals surface area (Å²) in [5.74, 6) is -0.656. The monoisotopic (exact) mass is 266 g/mol. The van der Waals surface area contributed by atoms with Gasteiger partial charge >= 0.3 is 5.97 Å². The number of benzene rings is 1. The van der Waals surface area contributed by atoms with Crippen molar-refractivity contribution in [3.63, 3.8) is 0 Å². The molecular weight excluding hydrogens is 256 g/mol. The average molecular weight is 267 g/mol. The van der Waals surface area contributed by atoms with Crippen molar-refractivity contribution in [3.05, 3.63) is 47.2 Å². The van der Waals surface area contributed by atoms with Crippen molar-refractivity contribution in [2.24, 2.45) is 0 Å². The highest BCUT2D eigenvalue weighted by Gasteiger charge is 2.09. The molecule has 5 nitrogen and oxygen atoms in total. The lowest BCUT2D eigenvalue weighted by Gasteiger charge is -2.08. The summed E-state index contributed by atoms with van der Waals surface area (Å²) >= 11 is 5.72. The van der Waals surface area contributed by atoms with Gasteiger partial charge in [-0.15, -0.1) is 0 Å². The van der Waals surface area contributed by atoms with Crippen molar-refractivity contribution >= 4 is 17.6 Å². The van der Waals surface area contributed by atoms with Crippen LogP contribution >= 0.6 is 11.6 Å². The topological polar surface area (TPSA) is 64.3 Å². The third kappa shape index (κ3) is 3.01. The van der Waals surface area contributed by atoms with Crippen molar-refractivity contribution in [3.8, 4) is 5.75 Å². The zero-order chi connectivity index (χ0) is 13.0. The number of aromatic nitrogens is 2. The van der Waals surface area contributed by atoms with Crippen molar-refractivity contribution in [1.29, 1.82) is 0 Å². The van der Waals surface area contributed by atoms with Gasteiger partial charge in [0.25, 0.3) is 0 Å². The Morgan fingerprint density at radius 3 is 2.89 bits per heavy atom. The molecule has 0 spiro atoms. The Bertz CT molecular complexity index is 554. The predicted octanol–water partition coefficient (Wildman–Crippen LogP) is 2.31. The molecule has 1 aromatic heterocycles. The molecule has 0 aliphatic carbocycles. The second-order valence-corrected chi connectivity index (χ2v) is 4.01. The Morgan fingerprint density at radius 2 is 2.22 bits per heavy atom. The van der Waals surface area contributed by atoms with Crippen molar-refractivity contribution in [2.45, 2.75) is 6.54 Å². The molecule has 94 valence electrons. The van der Waals surface area contributed by atoms with Gasteiger partial charge in [-0.1, -0.05) is 23.7 Å². The van der Waals surface area contributed by atoms with Gasteiger partial charge in [0.1, 0.15) is 17.9 Å². The Hall–Kier alpha value is -2.01. The van der Waals surface area contributed by atoms with Crippen molar-refractivity contribution < 1.29 is 14.6 Å². The first-order valence-electron chi connectivity index (χ1n) is 5.30. The van der Waals surface area contributed by atoms with Crippen LogP contribution in [0.1, 0.15) is 10.4 Å². The quantitative estimate of drug-likeness (QED) is 0.902. The van der Waals surface area contributed by atoms with Crippen LogP contribution in [-0.4, -0.2) is 27.5 Å². The van der Waals surface area contributed by atoms with Gasteiger partial charge in [0.05, 0.1) is 17.8 Å². The summed E-state index contributed by atoms with van der Waals surface area (Å²) in [5, 5.41) is 13.5. The zero-order valence-corrected chi connectivity index (χ0v) is 10.2. The summed E-state index contributed by atoms with van der Waals surface area (Å²) in [4.78, 5) is 10.9. The number of aromatic carboxylic acids is 1. The third-order valence-corrected chi connectivity index (χ3v) is 2.49. The Kier molecular flexibility index (Phi) is 3.84. The molecule has 0 saturated heterocycles. The maximum absolute atomic E-state index is 10.9. The second kappa shape index (κ2) is 5.55. The number of halogens is 1. The molecule has 0 atom stereocenters. The van der Waals surface area contributed by atoms with Crippen LogP contribution in [0.2, 0.25) is 5.02 Å². The molecule has 1 N–H and O–H groups in total. The lowest BCUT2D eigenvalue weighted by molar-refractivity contribution is 0.0692. The maximum Gasteiger partial charge on any atom is 0.339 e. The van der Waals surface area contributed by atoms with Crippen LogP contribution in [0.25, 0.3) is 0 Å². The van der Waals surface area contributed by atoms with Gasteiger partial charge in [0, 0.05) is 6.20 Å². The number of carbonyl (C=O) groups is 1. The number of nitrogens with zero attached hydrogens (tertiary/aromatic N) is 2. The standard InChI is InChI=1S/C12H11ClN2O3/c13-9-7-14-15(8-9)5-6-18-11-4-2-1-3-10(11)12(16)17/h1-4,7-8H,5-6H2,(H,16,17). The second-order valence-electron chi connectivity index (χ2n) is 3.57. The van der Waals surface area contributed by atoms with Crippen LogP contribution in [0.4, 0.5) is 0 Å². The maximum atomic E-state index is 10.9. The summed E-state index contributed by atoms with van der Waals surface area (Å²) in [6.45, 7) is 0.822. The van der Waals surface area contributed by atoms with E-state index in [2.05, 4.69) is 5.10 Å². The first kappa shape index (κ1) is 12.4. The van der Waals surface area contributed by atoms with E-state index in [0.717, 1.165) is 0 Å². The number of hydrogen-bond donors (Lipinski definition) is 1. The van der Waals surface area contributed by atoms with Gasteiger partial charge in [-0.05, 0) is 12.1 Å². The summed E-state index contributed by atoms with van der Waals surface area (Å²) in [5.41, 5.74) is 0.149. The Morgan fingerprint density at radius 1 is 1.44 bits per heavy atom. The van der Waals surface area contributed by atoms with Crippen LogP contribution in [0.15, 0.2) is 36.7 Å². The molecule has 1 aromatic carbocycles. The van der Waals surface area contributed by atoms with Gasteiger partial charge in [-0.2, -0.15) is 5.10 Å². The summed E-state index contributed by atoms with van der Waals surface area (Å²) < 4.78 is 7.06. The van der Waals surface area contributed by atoms with Crippen LogP contribution in [0, 0.1) is 0 Å². The molecule has 0 unspecified atom stereocenters. The van der Waals surface area contributed by atoms with Gasteiger partial charge in [0.15, 0.2) is 0 Å². The van der Waals surface area contributed by atoms with Gasteiger partial charge in [-0.3, -0.25) is 4.68 Å². The lowest BCUT2D eigenvalue weighted by atomic mass is 10.2. The average Bonchev–Trinajstić information content (AvgIpc) is 2.75. The molecule has 0 amide bonds. The van der Waals surface area contributed by atoms with E-state index in [1.807, 2.05) is 0 Å². The first-order valence-corrected chi connectivity index (χ1v) is 5.67. The minimum Gasteiger partial charge on any atom is -0.491 e. The summed E-state index contributed by atoms with van der Waals surface area (Å²) in [6.07, 6.45) is 3.21. The minimum absolute atomic E-state index is 0.149. The van der Waals surface area contributed by atoms with Crippen LogP contribution in [-0.2, 0) is 6.54 Å². The molecule has 0 saturated carbocycles. The summed E-state index contributed by atoms with van der Waals surface area (Å²) in [7, 11) is 0. The van der Waals surface area contributed by atoms with E-state index < -0.39 is 5.97 Å². The number of ether oxygens (including phenoxy) is 1. The molecule has 0 bridgehead atoms. The number of carboxylic acid groups (broad SMARTS) is 1. The fourth-order valence-corrected chi connectivity index (χ4v) is 1.64. The fraction of sp³-hybridized carbons (Fsp3) is 0.167. The zero-order valence-electron chi connectivity index (χ0n) is 9.41. The van der Waals surface area contributed by atoms with Gasteiger partial charge in [-0.25, -0.2) is 4.79 Å². The molecular formula is C12H11ClN2O3. The normalized spacial score (nSPS) is 10.3. The lowest BCUT2D eigenvalue weighted by Crippen LogP contribution is -2.10. The van der Waals surface area contributed by atoms with E-state index in [1.165, 1.54) is 12.3 Å². The molecule has 6 heteroatoms. The van der Waals surface area contributed by atoms with Gasteiger partial charge < -0.3 is 9.84 Å². The third-order valence-electron chi connectivity index (χ3n) is 2.30. The van der Waals surface area contributed by atoms with Crippen molar-refractivity contribution in [2.75, 3.05) is 6.61 Å². The van der Waals surface area contributed by atoms with E-state index in [0.29, 0.717) is 23.9 Å². The van der Waals surface area contributed by atoms with Gasteiger partial charge in [0.2, 0.25) is 0 Å². The molecule has 1 heterocycles. The SMILES string of the molecule is O=C(O)c1ccccc1OCCn1cc(Cl)cn1. The number of para-hydroxylation sites is 1. The van der Waals surface area contributed by atoms with Crippen LogP contribution < -0.4 is 4.74 Å². The predicted molar refractivity (Wildman–Crippen MR) is 66.1 cm³/mol. The molecule has 2 aromatic rings. The van der Waals surface area contributed by atoms with E-state index in [4.69, 9.17) is 21.4 Å². The molecule has 0 aliphatic heterocycles. The molecule has 18 heavy (non-hydrogen) atoms. The van der Waals surface area contributed by atoms with Crippen molar-refractivity contribution in [1.82, 2.24) is 9.78 Å². The number of rotatable bonds is 5. The molecule has 0 radical (unpaired) electrons. The number of hydrogen-bond acceptors (Lipinski definition) is 3. The highest BCUT2D eigenvalue weighted by molar-refractivity contribution is 6.30. The number of carboxylic acids is 1. The van der Waals surface area contributed by atoms with E-state index in [-0.39, 0.29) is 5.56 Å². The van der Waals surface area contributed by atoms with E-state index in [9.17, 15) is 4.79 Å². The van der Waals surface area contributed by atoms with Crippen LogP contribution in [0.5, 0.6) is 5.75 Å².